The number of esters is 1. The van der Waals surface area contributed by atoms with E-state index in [2.05, 4.69) is 73.4 Å². The lowest BCUT2D eigenvalue weighted by Gasteiger charge is -2.23. The number of carbonyl (C=O) groups excluding carboxylic acids is 6. The van der Waals surface area contributed by atoms with Crippen LogP contribution in [0.15, 0.2) is 133 Å². The van der Waals surface area contributed by atoms with Gasteiger partial charge in [-0.1, -0.05) is 121 Å². The van der Waals surface area contributed by atoms with Crippen LogP contribution in [-0.2, 0) is 78.8 Å². The van der Waals surface area contributed by atoms with Crippen molar-refractivity contribution in [2.75, 3.05) is 62.3 Å². The third kappa shape index (κ3) is 17.8. The third-order valence-corrected chi connectivity index (χ3v) is 15.5. The molecule has 2 aliphatic carbocycles. The Balaban J connectivity index is 0.774. The molecule has 0 spiro atoms. The number of fused-ring (bicyclic) bond motifs is 4. The van der Waals surface area contributed by atoms with E-state index < -0.39 is 54.3 Å². The number of aryl methyl sites for hydroxylation is 2. The molecule has 9 rings (SSSR count). The number of carbonyl (C=O) groups is 6. The Morgan fingerprint density at radius 2 is 1.12 bits per heavy atom. The van der Waals surface area contributed by atoms with E-state index >= 15 is 0 Å². The van der Waals surface area contributed by atoms with E-state index in [0.29, 0.717) is 11.2 Å². The Morgan fingerprint density at radius 1 is 0.541 bits per heavy atom. The van der Waals surface area contributed by atoms with Crippen molar-refractivity contribution >= 4 is 74.6 Å². The molecule has 18 heteroatoms. The summed E-state index contributed by atoms with van der Waals surface area (Å²) >= 11 is 0. The van der Waals surface area contributed by atoms with Gasteiger partial charge in [-0.15, -0.1) is 0 Å². The number of unbranched alkanes of at least 4 members (excludes halogenated alkanes) is 1. The summed E-state index contributed by atoms with van der Waals surface area (Å²) in [7, 11) is 2.19. The fourth-order valence-electron chi connectivity index (χ4n) is 11.0. The smallest absolute Gasteiger partial charge is 0.407 e. The maximum absolute atomic E-state index is 14.1. The Hall–Kier alpha value is -8.90. The van der Waals surface area contributed by atoms with Crippen molar-refractivity contribution in [1.29, 1.82) is 0 Å². The number of rotatable bonds is 29. The van der Waals surface area contributed by atoms with E-state index in [-0.39, 0.29) is 39.0 Å². The lowest BCUT2D eigenvalue weighted by molar-refractivity contribution is -0.149. The number of aromatic nitrogens is 2. The highest BCUT2D eigenvalue weighted by Crippen LogP contribution is 2.37. The van der Waals surface area contributed by atoms with E-state index in [0.717, 1.165) is 123 Å². The van der Waals surface area contributed by atoms with Gasteiger partial charge in [0.15, 0.2) is 0 Å². The largest absolute Gasteiger partial charge is 0.459 e. The molecule has 5 aromatic carbocycles. The second-order valence-electron chi connectivity index (χ2n) is 21.9. The molecule has 2 aliphatic rings. The molecule has 444 valence electrons. The molecule has 85 heavy (non-hydrogen) atoms. The molecule has 2 atom stereocenters. The van der Waals surface area contributed by atoms with Crippen LogP contribution in [0.25, 0.3) is 21.8 Å². The summed E-state index contributed by atoms with van der Waals surface area (Å²) < 4.78 is 10.9. The summed E-state index contributed by atoms with van der Waals surface area (Å²) in [6.45, 7) is 2.63. The van der Waals surface area contributed by atoms with Crippen LogP contribution in [0.5, 0.6) is 0 Å². The van der Waals surface area contributed by atoms with E-state index in [9.17, 15) is 28.8 Å². The second-order valence-corrected chi connectivity index (χ2v) is 21.9. The number of nitrogens with one attached hydrogen (secondary N) is 7. The van der Waals surface area contributed by atoms with Crippen LogP contribution in [0.2, 0.25) is 0 Å². The van der Waals surface area contributed by atoms with Gasteiger partial charge in [0.25, 0.3) is 0 Å². The molecule has 0 radical (unpaired) electrons. The zero-order chi connectivity index (χ0) is 59.2. The Morgan fingerprint density at radius 3 is 1.82 bits per heavy atom. The number of nitrogens with zero attached hydrogens (tertiary/aromatic N) is 3. The van der Waals surface area contributed by atoms with E-state index in [1.165, 1.54) is 40.7 Å². The number of ether oxygens (including phenoxy) is 2. The summed E-state index contributed by atoms with van der Waals surface area (Å²) in [5, 5.41) is 23.1. The monoisotopic (exact) mass is 1150 g/mol. The molecule has 18 nitrogen and oxygen atoms in total. The van der Waals surface area contributed by atoms with Crippen LogP contribution in [0.1, 0.15) is 97.0 Å². The van der Waals surface area contributed by atoms with Gasteiger partial charge in [-0.2, -0.15) is 0 Å². The minimum absolute atomic E-state index is 0.0261. The topological polar surface area (TPSA) is 234 Å². The van der Waals surface area contributed by atoms with Crippen LogP contribution >= 0.6 is 0 Å². The standard InChI is InChI=1S/C67H78N10O8/c1-77(39-18-17-37-68-62-49-27-11-14-31-53(49)72-54-32-15-12-28-50(54)62)40-20-38-69-63-51-29-13-16-33-55(51)75-64-52(63)30-19-34-56(64)73-60(79)42-70-59(78)36-35-57(74-61(80)43-71-67(83)85-45-48-25-9-4-10-26-48)65(81)76-58(41-46-21-5-2-6-22-46)66(82)84-44-47-23-7-3-8-24-47/h2-11,14,19,21-27,30-31,34,57-58H,12-13,15-18,20,28-29,32-33,35-45H2,1H3,(H,68,72)(H,69,75)(H,70,78)(H,71,83)(H,73,79)(H,74,80)(H,76,81)/t57-,58-/m0/s1. The first-order valence-electron chi connectivity index (χ1n) is 29.9. The third-order valence-electron chi connectivity index (χ3n) is 15.5. The molecule has 5 amide bonds. The summed E-state index contributed by atoms with van der Waals surface area (Å²) in [5.74, 6) is -3.27. The number of hydrogen-bond acceptors (Lipinski definition) is 13. The van der Waals surface area contributed by atoms with E-state index in [4.69, 9.17) is 19.4 Å². The molecule has 7 aromatic rings. The molecule has 0 aliphatic heterocycles. The summed E-state index contributed by atoms with van der Waals surface area (Å²) in [5.41, 5.74) is 11.7. The van der Waals surface area contributed by atoms with Crippen LogP contribution in [0, 0.1) is 0 Å². The maximum Gasteiger partial charge on any atom is 0.407 e. The van der Waals surface area contributed by atoms with Gasteiger partial charge in [-0.05, 0) is 137 Å². The normalized spacial score (nSPS) is 13.3. The lowest BCUT2D eigenvalue weighted by atomic mass is 9.92. The van der Waals surface area contributed by atoms with Crippen molar-refractivity contribution in [3.8, 4) is 0 Å². The molecule has 0 bridgehead atoms. The minimum atomic E-state index is -1.35. The zero-order valence-corrected chi connectivity index (χ0v) is 48.5. The van der Waals surface area contributed by atoms with E-state index in [1.807, 2.05) is 78.9 Å². The fraction of sp³-hybridized carbons (Fsp3) is 0.373. The van der Waals surface area contributed by atoms with Gasteiger partial charge in [-0.3, -0.25) is 29.1 Å². The first-order chi connectivity index (χ1) is 41.5. The average molecular weight is 1150 g/mol. The molecule has 0 saturated heterocycles. The van der Waals surface area contributed by atoms with Crippen molar-refractivity contribution in [2.24, 2.45) is 0 Å². The number of pyridine rings is 2. The maximum atomic E-state index is 14.1. The number of amides is 5. The van der Waals surface area contributed by atoms with Crippen LogP contribution in [0.3, 0.4) is 0 Å². The molecule has 2 heterocycles. The average Bonchev–Trinajstić information content (AvgIpc) is 1.51. The number of hydrogen-bond donors (Lipinski definition) is 7. The van der Waals surface area contributed by atoms with Crippen molar-refractivity contribution in [3.05, 3.63) is 173 Å². The van der Waals surface area contributed by atoms with Crippen LogP contribution < -0.4 is 37.2 Å². The molecule has 0 unspecified atom stereocenters. The summed E-state index contributed by atoms with van der Waals surface area (Å²) in [4.78, 5) is 93.3. The van der Waals surface area contributed by atoms with Crippen LogP contribution in [-0.4, -0.2) is 109 Å². The predicted molar refractivity (Wildman–Crippen MR) is 331 cm³/mol. The van der Waals surface area contributed by atoms with Gasteiger partial charge in [0.2, 0.25) is 23.6 Å². The highest BCUT2D eigenvalue weighted by molar-refractivity contribution is 6.06. The SMILES string of the molecule is CN(CCCCNc1c2c(nc3ccccc13)CCCC2)CCCNc1c2c(nc3c(NC(=O)CNC(=O)CC[C@H](NC(=O)CNC(=O)OCc4ccccc4)C(=O)N[C@@H](Cc4ccccc4)C(=O)OCc4ccccc4)cccc13)CCCC2. The van der Waals surface area contributed by atoms with Gasteiger partial charge in [0.05, 0.1) is 23.3 Å². The summed E-state index contributed by atoms with van der Waals surface area (Å²) in [6, 6.07) is 38.9. The molecular weight excluding hydrogens is 1070 g/mol. The van der Waals surface area contributed by atoms with E-state index in [1.54, 1.807) is 30.3 Å². The Bertz CT molecular complexity index is 3400. The van der Waals surface area contributed by atoms with Crippen molar-refractivity contribution < 1.29 is 38.2 Å². The van der Waals surface area contributed by atoms with Crippen molar-refractivity contribution in [2.45, 2.75) is 115 Å². The first kappa shape index (κ1) is 60.7. The minimum Gasteiger partial charge on any atom is -0.459 e. The van der Waals surface area contributed by atoms with Gasteiger partial charge >= 0.3 is 12.1 Å². The summed E-state index contributed by atoms with van der Waals surface area (Å²) in [6.07, 6.45) is 10.2. The van der Waals surface area contributed by atoms with Crippen molar-refractivity contribution in [3.63, 3.8) is 0 Å². The fourth-order valence-corrected chi connectivity index (χ4v) is 11.0. The lowest BCUT2D eigenvalue weighted by Crippen LogP contribution is -2.54. The number of alkyl carbamates (subject to hydrolysis) is 1. The van der Waals surface area contributed by atoms with Gasteiger partial charge in [0.1, 0.15) is 31.8 Å². The Kier molecular flexibility index (Phi) is 22.2. The first-order valence-corrected chi connectivity index (χ1v) is 29.9. The molecule has 2 aromatic heterocycles. The molecule has 0 saturated carbocycles. The second kappa shape index (κ2) is 31.1. The highest BCUT2D eigenvalue weighted by Gasteiger charge is 2.29. The molecule has 0 fully saturated rings. The number of para-hydroxylation sites is 2. The van der Waals surface area contributed by atoms with Gasteiger partial charge in [0, 0.05) is 59.5 Å². The van der Waals surface area contributed by atoms with Gasteiger partial charge < -0.3 is 51.6 Å². The highest BCUT2D eigenvalue weighted by atomic mass is 16.5. The molecular formula is C67H78N10O8. The van der Waals surface area contributed by atoms with Crippen LogP contribution in [0.4, 0.5) is 21.9 Å². The number of anilines is 3. The predicted octanol–water partition coefficient (Wildman–Crippen LogP) is 8.88. The quantitative estimate of drug-likeness (QED) is 0.0172. The number of benzene rings is 5. The molecule has 7 N–H and O–H groups in total. The van der Waals surface area contributed by atoms with Crippen molar-refractivity contribution in [1.82, 2.24) is 36.1 Å². The zero-order valence-electron chi connectivity index (χ0n) is 48.5. The van der Waals surface area contributed by atoms with Gasteiger partial charge in [-0.25, -0.2) is 9.59 Å². The Labute approximate surface area is 497 Å².